The highest BCUT2D eigenvalue weighted by Gasteiger charge is 2.40. The fraction of sp³-hybridized carbons (Fsp3) is 0.588. The van der Waals surface area contributed by atoms with Crippen LogP contribution in [0.3, 0.4) is 0 Å². The molecule has 3 rings (SSSR count). The van der Waals surface area contributed by atoms with Crippen LogP contribution in [-0.2, 0) is 10.2 Å². The van der Waals surface area contributed by atoms with Gasteiger partial charge in [0, 0.05) is 30.0 Å². The zero-order valence-corrected chi connectivity index (χ0v) is 13.9. The second-order valence-corrected chi connectivity index (χ2v) is 7.08. The monoisotopic (exact) mass is 338 g/mol. The van der Waals surface area contributed by atoms with Crippen LogP contribution in [0, 0.1) is 0 Å². The first-order chi connectivity index (χ1) is 11.0. The van der Waals surface area contributed by atoms with Gasteiger partial charge in [-0.2, -0.15) is 0 Å². The van der Waals surface area contributed by atoms with E-state index in [0.29, 0.717) is 19.6 Å². The van der Waals surface area contributed by atoms with Crippen LogP contribution in [0.25, 0.3) is 0 Å². The number of aliphatic hydroxyl groups is 1. The minimum Gasteiger partial charge on any atom is -0.386 e. The molecular formula is C17H23ClN2O3. The lowest BCUT2D eigenvalue weighted by Crippen LogP contribution is -2.51. The second-order valence-electron chi connectivity index (χ2n) is 6.68. The lowest BCUT2D eigenvalue weighted by molar-refractivity contribution is 0.0291. The molecule has 1 heterocycles. The molecule has 2 fully saturated rings. The Morgan fingerprint density at radius 2 is 1.96 bits per heavy atom. The summed E-state index contributed by atoms with van der Waals surface area (Å²) in [5.74, 6) is 0. The first-order valence-electron chi connectivity index (χ1n) is 8.10. The highest BCUT2D eigenvalue weighted by atomic mass is 35.5. The number of urea groups is 1. The lowest BCUT2D eigenvalue weighted by atomic mass is 9.64. The van der Waals surface area contributed by atoms with Crippen molar-refractivity contribution in [2.24, 2.45) is 0 Å². The molecule has 1 aliphatic carbocycles. The van der Waals surface area contributed by atoms with Crippen LogP contribution in [-0.4, -0.2) is 43.0 Å². The first kappa shape index (κ1) is 16.6. The minimum absolute atomic E-state index is 0.0664. The van der Waals surface area contributed by atoms with Gasteiger partial charge in [-0.15, -0.1) is 0 Å². The molecule has 1 aromatic carbocycles. The third-order valence-electron chi connectivity index (χ3n) is 5.00. The number of amides is 2. The van der Waals surface area contributed by atoms with Crippen LogP contribution in [0.2, 0.25) is 5.02 Å². The number of hydrogen-bond acceptors (Lipinski definition) is 3. The van der Waals surface area contributed by atoms with E-state index in [1.165, 1.54) is 0 Å². The lowest BCUT2D eigenvalue weighted by Gasteiger charge is -2.43. The van der Waals surface area contributed by atoms with Gasteiger partial charge in [0.1, 0.15) is 5.60 Å². The van der Waals surface area contributed by atoms with Gasteiger partial charge in [-0.3, -0.25) is 0 Å². The number of carbonyl (C=O) groups excluding carboxylic acids is 1. The summed E-state index contributed by atoms with van der Waals surface area (Å²) in [5.41, 5.74) is 0.105. The van der Waals surface area contributed by atoms with Gasteiger partial charge in [0.15, 0.2) is 0 Å². The van der Waals surface area contributed by atoms with E-state index >= 15 is 0 Å². The number of ether oxygens (including phenoxy) is 1. The van der Waals surface area contributed by atoms with Crippen molar-refractivity contribution in [2.45, 2.75) is 36.7 Å². The first-order valence-corrected chi connectivity index (χ1v) is 8.48. The van der Waals surface area contributed by atoms with Crippen molar-refractivity contribution in [2.75, 3.05) is 26.3 Å². The van der Waals surface area contributed by atoms with Gasteiger partial charge in [0.2, 0.25) is 0 Å². The van der Waals surface area contributed by atoms with E-state index in [2.05, 4.69) is 10.6 Å². The number of nitrogens with one attached hydrogen (secondary N) is 2. The predicted molar refractivity (Wildman–Crippen MR) is 88.8 cm³/mol. The summed E-state index contributed by atoms with van der Waals surface area (Å²) in [5, 5.41) is 16.6. The van der Waals surface area contributed by atoms with E-state index in [9.17, 15) is 9.90 Å². The summed E-state index contributed by atoms with van der Waals surface area (Å²) < 4.78 is 5.17. The van der Waals surface area contributed by atoms with E-state index in [4.69, 9.17) is 16.3 Å². The number of halogens is 1. The maximum Gasteiger partial charge on any atom is 0.314 e. The SMILES string of the molecule is O=C(NCC1(c2ccccc2Cl)CCC1)NC[C@]1(O)CCOC1. The molecule has 23 heavy (non-hydrogen) atoms. The number of rotatable bonds is 5. The Labute approximate surface area is 141 Å². The Hall–Kier alpha value is -1.30. The molecule has 0 radical (unpaired) electrons. The summed E-state index contributed by atoms with van der Waals surface area (Å²) in [4.78, 5) is 12.0. The summed E-state index contributed by atoms with van der Waals surface area (Å²) in [7, 11) is 0. The second kappa shape index (κ2) is 6.67. The molecule has 1 aromatic rings. The molecule has 2 aliphatic rings. The molecule has 126 valence electrons. The Morgan fingerprint density at radius 3 is 2.57 bits per heavy atom. The number of benzene rings is 1. The average molecular weight is 339 g/mol. The van der Waals surface area contributed by atoms with Gasteiger partial charge in [-0.25, -0.2) is 4.79 Å². The van der Waals surface area contributed by atoms with Crippen molar-refractivity contribution in [1.29, 1.82) is 0 Å². The summed E-state index contributed by atoms with van der Waals surface area (Å²) in [6.07, 6.45) is 3.74. The Bertz CT molecular complexity index is 569. The molecule has 1 saturated carbocycles. The van der Waals surface area contributed by atoms with Crippen LogP contribution in [0.5, 0.6) is 0 Å². The Balaban J connectivity index is 1.54. The van der Waals surface area contributed by atoms with Gasteiger partial charge in [0.25, 0.3) is 0 Å². The maximum atomic E-state index is 12.0. The summed E-state index contributed by atoms with van der Waals surface area (Å²) >= 11 is 6.33. The molecule has 0 spiro atoms. The van der Waals surface area contributed by atoms with Crippen molar-refractivity contribution in [1.82, 2.24) is 10.6 Å². The van der Waals surface area contributed by atoms with Crippen molar-refractivity contribution in [3.63, 3.8) is 0 Å². The van der Waals surface area contributed by atoms with Crippen LogP contribution < -0.4 is 10.6 Å². The van der Waals surface area contributed by atoms with Crippen molar-refractivity contribution in [3.8, 4) is 0 Å². The van der Waals surface area contributed by atoms with Crippen molar-refractivity contribution >= 4 is 17.6 Å². The molecule has 3 N–H and O–H groups in total. The van der Waals surface area contributed by atoms with Crippen LogP contribution >= 0.6 is 11.6 Å². The van der Waals surface area contributed by atoms with Gasteiger partial charge < -0.3 is 20.5 Å². The topological polar surface area (TPSA) is 70.6 Å². The highest BCUT2D eigenvalue weighted by Crippen LogP contribution is 2.45. The highest BCUT2D eigenvalue weighted by molar-refractivity contribution is 6.31. The third kappa shape index (κ3) is 3.62. The van der Waals surface area contributed by atoms with E-state index in [1.807, 2.05) is 24.3 Å². The van der Waals surface area contributed by atoms with E-state index in [-0.39, 0.29) is 24.6 Å². The molecule has 0 unspecified atom stereocenters. The molecule has 1 saturated heterocycles. The van der Waals surface area contributed by atoms with E-state index in [0.717, 1.165) is 29.8 Å². The van der Waals surface area contributed by atoms with Gasteiger partial charge in [-0.05, 0) is 24.5 Å². The predicted octanol–water partition coefficient (Wildman–Crippen LogP) is 2.21. The fourth-order valence-electron chi connectivity index (χ4n) is 3.33. The summed E-state index contributed by atoms with van der Waals surface area (Å²) in [6, 6.07) is 7.58. The molecule has 2 amide bonds. The molecule has 0 bridgehead atoms. The zero-order valence-electron chi connectivity index (χ0n) is 13.1. The van der Waals surface area contributed by atoms with Crippen LogP contribution in [0.15, 0.2) is 24.3 Å². The molecular weight excluding hydrogens is 316 g/mol. The Kier molecular flexibility index (Phi) is 4.80. The average Bonchev–Trinajstić information content (AvgIpc) is 2.93. The molecule has 1 atom stereocenters. The van der Waals surface area contributed by atoms with Gasteiger partial charge in [-0.1, -0.05) is 36.2 Å². The van der Waals surface area contributed by atoms with Gasteiger partial charge >= 0.3 is 6.03 Å². The van der Waals surface area contributed by atoms with E-state index in [1.54, 1.807) is 0 Å². The standard InChI is InChI=1S/C17H23ClN2O3/c18-14-5-2-1-4-13(14)16(6-3-7-16)10-19-15(21)20-11-17(22)8-9-23-12-17/h1-2,4-5,22H,3,6-12H2,(H2,19,20,21)/t17-/m1/s1. The molecule has 1 aliphatic heterocycles. The largest absolute Gasteiger partial charge is 0.386 e. The zero-order chi connectivity index (χ0) is 16.3. The quantitative estimate of drug-likeness (QED) is 0.771. The molecule has 6 heteroatoms. The summed E-state index contributed by atoms with van der Waals surface area (Å²) in [6.45, 7) is 1.57. The normalized spacial score (nSPS) is 25.7. The number of carbonyl (C=O) groups is 1. The van der Waals surface area contributed by atoms with Crippen molar-refractivity contribution in [3.05, 3.63) is 34.9 Å². The van der Waals surface area contributed by atoms with Crippen molar-refractivity contribution < 1.29 is 14.6 Å². The van der Waals surface area contributed by atoms with Crippen LogP contribution in [0.1, 0.15) is 31.2 Å². The smallest absolute Gasteiger partial charge is 0.314 e. The Morgan fingerprint density at radius 1 is 1.22 bits per heavy atom. The maximum absolute atomic E-state index is 12.0. The number of hydrogen-bond donors (Lipinski definition) is 3. The fourth-order valence-corrected chi connectivity index (χ4v) is 3.67. The van der Waals surface area contributed by atoms with Gasteiger partial charge in [0.05, 0.1) is 13.2 Å². The van der Waals surface area contributed by atoms with E-state index < -0.39 is 5.60 Å². The molecule has 5 nitrogen and oxygen atoms in total. The molecule has 0 aromatic heterocycles. The van der Waals surface area contributed by atoms with Crippen LogP contribution in [0.4, 0.5) is 4.79 Å². The minimum atomic E-state index is -0.936. The third-order valence-corrected chi connectivity index (χ3v) is 5.33.